The fourth-order valence-electron chi connectivity index (χ4n) is 1.38. The number of halogens is 4. The van der Waals surface area contributed by atoms with Crippen LogP contribution < -0.4 is 5.32 Å². The molecule has 1 heterocycles. The number of hydrogen-bond donors (Lipinski definition) is 2. The Labute approximate surface area is 112 Å². The molecule has 1 unspecified atom stereocenters. The largest absolute Gasteiger partial charge is 0.451 e. The average Bonchev–Trinajstić information content (AvgIpc) is 2.27. The molecule has 0 radical (unpaired) electrons. The van der Waals surface area contributed by atoms with Gasteiger partial charge in [-0.2, -0.15) is 13.2 Å². The van der Waals surface area contributed by atoms with Crippen molar-refractivity contribution < 1.29 is 23.0 Å². The molecule has 5 nitrogen and oxygen atoms in total. The number of aliphatic hydroxyl groups is 1. The first-order chi connectivity index (χ1) is 8.86. The smallest absolute Gasteiger partial charge is 0.396 e. The quantitative estimate of drug-likeness (QED) is 0.786. The molecule has 0 fully saturated rings. The molecule has 0 aliphatic rings. The lowest BCUT2D eigenvalue weighted by molar-refractivity contribution is -0.144. The SMILES string of the molecule is COCC(CCO)Nc1cc(Cl)nc(C(F)(F)F)n1. The van der Waals surface area contributed by atoms with E-state index in [0.717, 1.165) is 0 Å². The maximum Gasteiger partial charge on any atom is 0.451 e. The molecular formula is C10H13ClF3N3O2. The van der Waals surface area contributed by atoms with Crippen LogP contribution in [0.15, 0.2) is 6.07 Å². The highest BCUT2D eigenvalue weighted by atomic mass is 35.5. The van der Waals surface area contributed by atoms with Gasteiger partial charge in [0.1, 0.15) is 11.0 Å². The number of methoxy groups -OCH3 is 1. The van der Waals surface area contributed by atoms with Crippen LogP contribution in [0.25, 0.3) is 0 Å². The van der Waals surface area contributed by atoms with Crippen molar-refractivity contribution in [1.82, 2.24) is 9.97 Å². The molecule has 0 aliphatic heterocycles. The van der Waals surface area contributed by atoms with E-state index in [1.165, 1.54) is 13.2 Å². The van der Waals surface area contributed by atoms with Crippen molar-refractivity contribution in [2.24, 2.45) is 0 Å². The van der Waals surface area contributed by atoms with Crippen LogP contribution >= 0.6 is 11.6 Å². The minimum atomic E-state index is -4.67. The van der Waals surface area contributed by atoms with Gasteiger partial charge in [0.25, 0.3) is 0 Å². The number of nitrogens with zero attached hydrogens (tertiary/aromatic N) is 2. The van der Waals surface area contributed by atoms with Crippen LogP contribution in [0.3, 0.4) is 0 Å². The summed E-state index contributed by atoms with van der Waals surface area (Å²) in [5.41, 5.74) is 0. The first-order valence-electron chi connectivity index (χ1n) is 5.35. The first-order valence-corrected chi connectivity index (χ1v) is 5.72. The topological polar surface area (TPSA) is 67.3 Å². The highest BCUT2D eigenvalue weighted by Gasteiger charge is 2.35. The number of aromatic nitrogens is 2. The number of aliphatic hydroxyl groups excluding tert-OH is 1. The van der Waals surface area contributed by atoms with E-state index in [4.69, 9.17) is 21.4 Å². The van der Waals surface area contributed by atoms with E-state index in [1.54, 1.807) is 0 Å². The van der Waals surface area contributed by atoms with Gasteiger partial charge in [-0.1, -0.05) is 11.6 Å². The van der Waals surface area contributed by atoms with Crippen LogP contribution in [0.4, 0.5) is 19.0 Å². The Morgan fingerprint density at radius 1 is 1.47 bits per heavy atom. The summed E-state index contributed by atoms with van der Waals surface area (Å²) in [6.07, 6.45) is -4.37. The molecule has 0 spiro atoms. The van der Waals surface area contributed by atoms with Crippen LogP contribution in [-0.4, -0.2) is 41.4 Å². The maximum absolute atomic E-state index is 12.5. The highest BCUT2D eigenvalue weighted by molar-refractivity contribution is 6.29. The highest BCUT2D eigenvalue weighted by Crippen LogP contribution is 2.28. The summed E-state index contributed by atoms with van der Waals surface area (Å²) in [5.74, 6) is -1.38. The minimum absolute atomic E-state index is 0.0668. The molecule has 9 heteroatoms. The molecular weight excluding hydrogens is 287 g/mol. The molecule has 0 bridgehead atoms. The van der Waals surface area contributed by atoms with Crippen LogP contribution in [0.2, 0.25) is 5.15 Å². The summed E-state index contributed by atoms with van der Waals surface area (Å²) in [5, 5.41) is 11.2. The van der Waals surface area contributed by atoms with E-state index in [-0.39, 0.29) is 30.2 Å². The number of hydrogen-bond acceptors (Lipinski definition) is 5. The normalized spacial score (nSPS) is 13.4. The Bertz CT molecular complexity index is 411. The molecule has 0 aliphatic carbocycles. The van der Waals surface area contributed by atoms with Crippen molar-refractivity contribution in [3.8, 4) is 0 Å². The van der Waals surface area contributed by atoms with E-state index in [1.807, 2.05) is 0 Å². The maximum atomic E-state index is 12.5. The lowest BCUT2D eigenvalue weighted by Crippen LogP contribution is -2.27. The van der Waals surface area contributed by atoms with Crippen molar-refractivity contribution in [3.63, 3.8) is 0 Å². The number of ether oxygens (including phenoxy) is 1. The Balaban J connectivity index is 2.90. The summed E-state index contributed by atoms with van der Waals surface area (Å²) >= 11 is 5.52. The Hall–Kier alpha value is -1.12. The lowest BCUT2D eigenvalue weighted by atomic mass is 10.2. The molecule has 1 atom stereocenters. The van der Waals surface area contributed by atoms with Crippen LogP contribution in [0.5, 0.6) is 0 Å². The summed E-state index contributed by atoms with van der Waals surface area (Å²) < 4.78 is 42.4. The summed E-state index contributed by atoms with van der Waals surface area (Å²) in [6, 6.07) is 0.804. The first kappa shape index (κ1) is 15.9. The summed E-state index contributed by atoms with van der Waals surface area (Å²) in [6.45, 7) is 0.0789. The van der Waals surface area contributed by atoms with Crippen molar-refractivity contribution in [2.75, 3.05) is 25.6 Å². The molecule has 1 aromatic heterocycles. The zero-order chi connectivity index (χ0) is 14.5. The fraction of sp³-hybridized carbons (Fsp3) is 0.600. The number of nitrogens with one attached hydrogen (secondary N) is 1. The molecule has 0 aromatic carbocycles. The van der Waals surface area contributed by atoms with Gasteiger partial charge in [0.2, 0.25) is 5.82 Å². The van der Waals surface area contributed by atoms with Crippen molar-refractivity contribution >= 4 is 17.4 Å². The van der Waals surface area contributed by atoms with E-state index in [0.29, 0.717) is 6.42 Å². The van der Waals surface area contributed by atoms with Crippen molar-refractivity contribution in [3.05, 3.63) is 17.0 Å². The van der Waals surface area contributed by atoms with E-state index in [9.17, 15) is 13.2 Å². The Kier molecular flexibility index (Phi) is 5.77. The third-order valence-electron chi connectivity index (χ3n) is 2.15. The number of rotatable bonds is 6. The molecule has 2 N–H and O–H groups in total. The standard InChI is InChI=1S/C10H13ClF3N3O2/c1-19-5-6(2-3-18)15-8-4-7(11)16-9(17-8)10(12,13)14/h4,6,18H,2-3,5H2,1H3,(H,15,16,17). The van der Waals surface area contributed by atoms with Crippen LogP contribution in [0, 0.1) is 0 Å². The van der Waals surface area contributed by atoms with Gasteiger partial charge >= 0.3 is 6.18 Å². The molecule has 19 heavy (non-hydrogen) atoms. The molecule has 1 rings (SSSR count). The summed E-state index contributed by atoms with van der Waals surface area (Å²) in [4.78, 5) is 6.45. The number of anilines is 1. The predicted molar refractivity (Wildman–Crippen MR) is 63.0 cm³/mol. The molecule has 1 aromatic rings. The number of alkyl halides is 3. The van der Waals surface area contributed by atoms with Crippen molar-refractivity contribution in [1.29, 1.82) is 0 Å². The molecule has 0 amide bonds. The van der Waals surface area contributed by atoms with Gasteiger partial charge in [0.05, 0.1) is 12.6 Å². The van der Waals surface area contributed by atoms with Crippen LogP contribution in [0.1, 0.15) is 12.2 Å². The van der Waals surface area contributed by atoms with E-state index >= 15 is 0 Å². The predicted octanol–water partition coefficient (Wildman–Crippen LogP) is 1.96. The van der Waals surface area contributed by atoms with Crippen LogP contribution in [-0.2, 0) is 10.9 Å². The lowest BCUT2D eigenvalue weighted by Gasteiger charge is -2.18. The molecule has 0 saturated heterocycles. The molecule has 0 saturated carbocycles. The van der Waals surface area contributed by atoms with Gasteiger partial charge in [-0.25, -0.2) is 9.97 Å². The Morgan fingerprint density at radius 2 is 2.16 bits per heavy atom. The van der Waals surface area contributed by atoms with Gasteiger partial charge in [0, 0.05) is 19.8 Å². The molecule has 108 valence electrons. The van der Waals surface area contributed by atoms with Gasteiger partial charge < -0.3 is 15.2 Å². The summed E-state index contributed by atoms with van der Waals surface area (Å²) in [7, 11) is 1.44. The van der Waals surface area contributed by atoms with Crippen molar-refractivity contribution in [2.45, 2.75) is 18.6 Å². The minimum Gasteiger partial charge on any atom is -0.396 e. The Morgan fingerprint density at radius 3 is 2.68 bits per heavy atom. The monoisotopic (exact) mass is 299 g/mol. The fourth-order valence-corrected chi connectivity index (χ4v) is 1.57. The second-order valence-corrected chi connectivity index (χ2v) is 4.09. The van der Waals surface area contributed by atoms with Gasteiger partial charge in [-0.15, -0.1) is 0 Å². The third-order valence-corrected chi connectivity index (χ3v) is 2.34. The van der Waals surface area contributed by atoms with E-state index in [2.05, 4.69) is 15.3 Å². The van der Waals surface area contributed by atoms with Gasteiger partial charge in [0.15, 0.2) is 0 Å². The zero-order valence-corrected chi connectivity index (χ0v) is 10.8. The zero-order valence-electron chi connectivity index (χ0n) is 10.0. The van der Waals surface area contributed by atoms with E-state index < -0.39 is 12.0 Å². The third kappa shape index (κ3) is 5.17. The second-order valence-electron chi connectivity index (χ2n) is 3.71. The van der Waals surface area contributed by atoms with Gasteiger partial charge in [-0.05, 0) is 6.42 Å². The second kappa shape index (κ2) is 6.88. The average molecular weight is 300 g/mol. The van der Waals surface area contributed by atoms with Gasteiger partial charge in [-0.3, -0.25) is 0 Å².